The Balaban J connectivity index is 2.53. The van der Waals surface area contributed by atoms with Crippen molar-refractivity contribution in [1.82, 2.24) is 0 Å². The number of amides is 1. The molecule has 1 aliphatic rings. The fourth-order valence-corrected chi connectivity index (χ4v) is 2.53. The molecule has 2 rings (SSSR count). The lowest BCUT2D eigenvalue weighted by molar-refractivity contribution is -0.126. The number of carbonyl (C=O) groups excluding carboxylic acids is 1. The van der Waals surface area contributed by atoms with Gasteiger partial charge >= 0.3 is 0 Å². The van der Waals surface area contributed by atoms with Crippen molar-refractivity contribution in [3.8, 4) is 0 Å². The molecule has 2 nitrogen and oxygen atoms in total. The lowest BCUT2D eigenvalue weighted by atomic mass is 9.64. The molecule has 1 fully saturated rings. The Morgan fingerprint density at radius 1 is 1.33 bits per heavy atom. The maximum absolute atomic E-state index is 11.5. The van der Waals surface area contributed by atoms with Crippen molar-refractivity contribution >= 4 is 29.1 Å². The van der Waals surface area contributed by atoms with Gasteiger partial charge in [0.25, 0.3) is 0 Å². The third-order valence-electron chi connectivity index (χ3n) is 3.15. The zero-order valence-electron chi connectivity index (χ0n) is 8.09. The average Bonchev–Trinajstić information content (AvgIpc) is 2.09. The number of benzene rings is 1. The van der Waals surface area contributed by atoms with E-state index in [0.717, 1.165) is 24.8 Å². The summed E-state index contributed by atoms with van der Waals surface area (Å²) in [6, 6.07) is 5.34. The molecule has 0 radical (unpaired) electrons. The Kier molecular flexibility index (Phi) is 2.65. The molecule has 1 aromatic carbocycles. The summed E-state index contributed by atoms with van der Waals surface area (Å²) in [5.74, 6) is -0.307. The van der Waals surface area contributed by atoms with Crippen LogP contribution < -0.4 is 5.73 Å². The normalized spacial score (nSPS) is 18.3. The van der Waals surface area contributed by atoms with E-state index in [2.05, 4.69) is 0 Å². The molecule has 0 bridgehead atoms. The van der Waals surface area contributed by atoms with Gasteiger partial charge in [0.1, 0.15) is 0 Å². The van der Waals surface area contributed by atoms with Crippen molar-refractivity contribution in [3.63, 3.8) is 0 Å². The quantitative estimate of drug-likeness (QED) is 0.853. The highest BCUT2D eigenvalue weighted by molar-refractivity contribution is 6.42. The van der Waals surface area contributed by atoms with Gasteiger partial charge < -0.3 is 5.73 Å². The van der Waals surface area contributed by atoms with Crippen LogP contribution in [0.4, 0.5) is 0 Å². The first-order valence-electron chi connectivity index (χ1n) is 4.82. The molecule has 1 amide bonds. The van der Waals surface area contributed by atoms with Gasteiger partial charge in [0.2, 0.25) is 5.91 Å². The molecule has 0 aromatic heterocycles. The van der Waals surface area contributed by atoms with Crippen LogP contribution in [0.5, 0.6) is 0 Å². The lowest BCUT2D eigenvalue weighted by Gasteiger charge is -2.39. The van der Waals surface area contributed by atoms with E-state index in [1.54, 1.807) is 12.1 Å². The van der Waals surface area contributed by atoms with E-state index in [9.17, 15) is 4.79 Å². The SMILES string of the molecule is NC(=O)C1(c2cccc(Cl)c2Cl)CCC1. The number of halogens is 2. The molecule has 80 valence electrons. The standard InChI is InChI=1S/C11H11Cl2NO/c12-8-4-1-3-7(9(8)13)11(10(14)15)5-2-6-11/h1,3-4H,2,5-6H2,(H2,14,15). The van der Waals surface area contributed by atoms with Gasteiger partial charge in [-0.2, -0.15) is 0 Å². The first kappa shape index (κ1) is 10.8. The third-order valence-corrected chi connectivity index (χ3v) is 3.96. The number of hydrogen-bond acceptors (Lipinski definition) is 1. The molecule has 0 spiro atoms. The van der Waals surface area contributed by atoms with Crippen molar-refractivity contribution in [3.05, 3.63) is 33.8 Å². The highest BCUT2D eigenvalue weighted by Crippen LogP contribution is 2.47. The van der Waals surface area contributed by atoms with Gasteiger partial charge in [-0.05, 0) is 24.5 Å². The van der Waals surface area contributed by atoms with Gasteiger partial charge in [-0.1, -0.05) is 41.8 Å². The van der Waals surface area contributed by atoms with Crippen LogP contribution >= 0.6 is 23.2 Å². The Bertz CT molecular complexity index is 413. The van der Waals surface area contributed by atoms with E-state index >= 15 is 0 Å². The highest BCUT2D eigenvalue weighted by Gasteiger charge is 2.45. The van der Waals surface area contributed by atoms with Crippen LogP contribution in [0, 0.1) is 0 Å². The van der Waals surface area contributed by atoms with Crippen LogP contribution in [0.1, 0.15) is 24.8 Å². The molecule has 0 unspecified atom stereocenters. The zero-order valence-corrected chi connectivity index (χ0v) is 9.61. The second-order valence-electron chi connectivity index (χ2n) is 3.90. The Labute approximate surface area is 98.4 Å². The minimum absolute atomic E-state index is 0.307. The molecular weight excluding hydrogens is 233 g/mol. The average molecular weight is 244 g/mol. The fourth-order valence-electron chi connectivity index (χ4n) is 2.05. The van der Waals surface area contributed by atoms with Crippen LogP contribution in [0.25, 0.3) is 0 Å². The second kappa shape index (κ2) is 3.69. The summed E-state index contributed by atoms with van der Waals surface area (Å²) >= 11 is 12.0. The summed E-state index contributed by atoms with van der Waals surface area (Å²) in [7, 11) is 0. The minimum atomic E-state index is -0.581. The zero-order chi connectivity index (χ0) is 11.1. The van der Waals surface area contributed by atoms with E-state index in [-0.39, 0.29) is 5.91 Å². The second-order valence-corrected chi connectivity index (χ2v) is 4.69. The minimum Gasteiger partial charge on any atom is -0.369 e. The first-order chi connectivity index (χ1) is 7.08. The van der Waals surface area contributed by atoms with Gasteiger partial charge in [-0.15, -0.1) is 0 Å². The summed E-state index contributed by atoms with van der Waals surface area (Å²) in [6.07, 6.45) is 2.54. The van der Waals surface area contributed by atoms with E-state index < -0.39 is 5.41 Å². The predicted octanol–water partition coefficient (Wildman–Crippen LogP) is 2.90. The lowest BCUT2D eigenvalue weighted by Crippen LogP contribution is -2.46. The Morgan fingerprint density at radius 3 is 2.47 bits per heavy atom. The van der Waals surface area contributed by atoms with Gasteiger partial charge in [-0.3, -0.25) is 4.79 Å². The number of nitrogens with two attached hydrogens (primary N) is 1. The maximum atomic E-state index is 11.5. The van der Waals surface area contributed by atoms with E-state index in [4.69, 9.17) is 28.9 Å². The molecule has 1 saturated carbocycles. The van der Waals surface area contributed by atoms with Crippen molar-refractivity contribution in [2.24, 2.45) is 5.73 Å². The maximum Gasteiger partial charge on any atom is 0.228 e. The van der Waals surface area contributed by atoms with Crippen LogP contribution in [0.2, 0.25) is 10.0 Å². The molecule has 0 aliphatic heterocycles. The number of rotatable bonds is 2. The van der Waals surface area contributed by atoms with Crippen molar-refractivity contribution in [2.75, 3.05) is 0 Å². The Hall–Kier alpha value is -0.730. The number of hydrogen-bond donors (Lipinski definition) is 1. The number of carbonyl (C=O) groups is 1. The van der Waals surface area contributed by atoms with Crippen LogP contribution in [-0.2, 0) is 10.2 Å². The summed E-state index contributed by atoms with van der Waals surface area (Å²) in [5, 5.41) is 0.930. The van der Waals surface area contributed by atoms with Crippen LogP contribution in [-0.4, -0.2) is 5.91 Å². The third kappa shape index (κ3) is 1.52. The van der Waals surface area contributed by atoms with Crippen molar-refractivity contribution in [1.29, 1.82) is 0 Å². The Morgan fingerprint density at radius 2 is 2.00 bits per heavy atom. The molecule has 2 N–H and O–H groups in total. The van der Waals surface area contributed by atoms with Crippen molar-refractivity contribution < 1.29 is 4.79 Å². The summed E-state index contributed by atoms with van der Waals surface area (Å²) < 4.78 is 0. The van der Waals surface area contributed by atoms with Gasteiger partial charge in [0, 0.05) is 0 Å². The summed E-state index contributed by atoms with van der Waals surface area (Å²) in [5.41, 5.74) is 5.64. The molecule has 1 aromatic rings. The highest BCUT2D eigenvalue weighted by atomic mass is 35.5. The topological polar surface area (TPSA) is 43.1 Å². The molecular formula is C11H11Cl2NO. The molecule has 1 aliphatic carbocycles. The van der Waals surface area contributed by atoms with E-state index in [0.29, 0.717) is 10.0 Å². The van der Waals surface area contributed by atoms with Crippen LogP contribution in [0.15, 0.2) is 18.2 Å². The van der Waals surface area contributed by atoms with E-state index in [1.807, 2.05) is 6.07 Å². The van der Waals surface area contributed by atoms with Gasteiger partial charge in [0.05, 0.1) is 15.5 Å². The molecule has 0 heterocycles. The predicted molar refractivity (Wildman–Crippen MR) is 61.2 cm³/mol. The smallest absolute Gasteiger partial charge is 0.228 e. The monoisotopic (exact) mass is 243 g/mol. The summed E-state index contributed by atoms with van der Waals surface area (Å²) in [6.45, 7) is 0. The largest absolute Gasteiger partial charge is 0.369 e. The molecule has 15 heavy (non-hydrogen) atoms. The van der Waals surface area contributed by atoms with E-state index in [1.165, 1.54) is 0 Å². The molecule has 0 saturated heterocycles. The number of primary amides is 1. The van der Waals surface area contributed by atoms with Gasteiger partial charge in [-0.25, -0.2) is 0 Å². The van der Waals surface area contributed by atoms with Crippen LogP contribution in [0.3, 0.4) is 0 Å². The van der Waals surface area contributed by atoms with Gasteiger partial charge in [0.15, 0.2) is 0 Å². The fraction of sp³-hybridized carbons (Fsp3) is 0.364. The van der Waals surface area contributed by atoms with Crippen molar-refractivity contribution in [2.45, 2.75) is 24.7 Å². The first-order valence-corrected chi connectivity index (χ1v) is 5.58. The summed E-state index contributed by atoms with van der Waals surface area (Å²) in [4.78, 5) is 11.5. The molecule has 0 atom stereocenters. The molecule has 4 heteroatoms.